The second kappa shape index (κ2) is 3.49. The molecule has 0 aromatic heterocycles. The zero-order valence-electron chi connectivity index (χ0n) is 5.77. The van der Waals surface area contributed by atoms with Crippen molar-refractivity contribution in [3.05, 3.63) is 12.3 Å². The summed E-state index contributed by atoms with van der Waals surface area (Å²) < 4.78 is 38.5. The molecular formula is C6H9F3O. The van der Waals surface area contributed by atoms with Crippen LogP contribution in [0.5, 0.6) is 0 Å². The maximum atomic E-state index is 11.3. The van der Waals surface area contributed by atoms with E-state index in [0.717, 1.165) is 0 Å². The van der Waals surface area contributed by atoms with Crippen LogP contribution in [0.25, 0.3) is 0 Å². The third-order valence-corrected chi connectivity index (χ3v) is 0.608. The lowest BCUT2D eigenvalue weighted by atomic mass is 10.5. The standard InChI is InChI=1S/C6H9F3O/c1-5(2)10-4-3-6(7,8)9/h3-5H,1-2H3. The van der Waals surface area contributed by atoms with E-state index in [4.69, 9.17) is 0 Å². The van der Waals surface area contributed by atoms with E-state index < -0.39 is 6.18 Å². The van der Waals surface area contributed by atoms with E-state index in [-0.39, 0.29) is 12.2 Å². The highest BCUT2D eigenvalue weighted by Gasteiger charge is 2.22. The molecule has 0 bridgehead atoms. The zero-order chi connectivity index (χ0) is 8.20. The van der Waals surface area contributed by atoms with Gasteiger partial charge >= 0.3 is 6.18 Å². The lowest BCUT2D eigenvalue weighted by molar-refractivity contribution is -0.0819. The minimum Gasteiger partial charge on any atom is -0.499 e. The Kier molecular flexibility index (Phi) is 3.25. The predicted molar refractivity (Wildman–Crippen MR) is 31.4 cm³/mol. The molecule has 0 amide bonds. The fourth-order valence-corrected chi connectivity index (χ4v) is 0.274. The third kappa shape index (κ3) is 7.33. The lowest BCUT2D eigenvalue weighted by Crippen LogP contribution is -2.02. The summed E-state index contributed by atoms with van der Waals surface area (Å²) in [6.07, 6.45) is -3.76. The molecule has 0 fully saturated rings. The van der Waals surface area contributed by atoms with Gasteiger partial charge in [-0.25, -0.2) is 0 Å². The van der Waals surface area contributed by atoms with Crippen molar-refractivity contribution in [3.8, 4) is 0 Å². The number of hydrogen-bond acceptors (Lipinski definition) is 1. The molecule has 0 aliphatic rings. The van der Waals surface area contributed by atoms with Crippen molar-refractivity contribution < 1.29 is 17.9 Å². The first-order valence-corrected chi connectivity index (χ1v) is 2.82. The van der Waals surface area contributed by atoms with Crippen LogP contribution < -0.4 is 0 Å². The second-order valence-electron chi connectivity index (χ2n) is 2.03. The molecule has 0 saturated carbocycles. The maximum Gasteiger partial charge on any atom is 0.412 e. The van der Waals surface area contributed by atoms with E-state index in [1.165, 1.54) is 0 Å². The molecule has 4 heteroatoms. The van der Waals surface area contributed by atoms with Gasteiger partial charge in [0, 0.05) is 0 Å². The van der Waals surface area contributed by atoms with E-state index in [0.29, 0.717) is 6.26 Å². The molecule has 0 radical (unpaired) electrons. The molecule has 0 aliphatic heterocycles. The Morgan fingerprint density at radius 2 is 1.80 bits per heavy atom. The summed E-state index contributed by atoms with van der Waals surface area (Å²) in [5, 5.41) is 0. The lowest BCUT2D eigenvalue weighted by Gasteiger charge is -2.03. The van der Waals surface area contributed by atoms with Gasteiger partial charge in [-0.15, -0.1) is 0 Å². The third-order valence-electron chi connectivity index (χ3n) is 0.608. The molecule has 0 atom stereocenters. The molecule has 0 rings (SSSR count). The van der Waals surface area contributed by atoms with Gasteiger partial charge in [-0.2, -0.15) is 13.2 Å². The Morgan fingerprint density at radius 1 is 1.30 bits per heavy atom. The van der Waals surface area contributed by atoms with E-state index in [1.54, 1.807) is 13.8 Å². The van der Waals surface area contributed by atoms with Crippen LogP contribution >= 0.6 is 0 Å². The summed E-state index contributed by atoms with van der Waals surface area (Å²) in [5.74, 6) is 0. The highest BCUT2D eigenvalue weighted by atomic mass is 19.4. The largest absolute Gasteiger partial charge is 0.499 e. The summed E-state index contributed by atoms with van der Waals surface area (Å²) in [5.41, 5.74) is 0. The van der Waals surface area contributed by atoms with Crippen molar-refractivity contribution in [2.24, 2.45) is 0 Å². The molecule has 60 valence electrons. The molecule has 1 nitrogen and oxygen atoms in total. The number of allylic oxidation sites excluding steroid dienone is 1. The van der Waals surface area contributed by atoms with Gasteiger partial charge in [-0.05, 0) is 13.8 Å². The summed E-state index contributed by atoms with van der Waals surface area (Å²) in [7, 11) is 0. The van der Waals surface area contributed by atoms with Crippen LogP contribution in [0, 0.1) is 0 Å². The highest BCUT2D eigenvalue weighted by Crippen LogP contribution is 2.15. The quantitative estimate of drug-likeness (QED) is 0.555. The average Bonchev–Trinajstić information content (AvgIpc) is 1.59. The fourth-order valence-electron chi connectivity index (χ4n) is 0.274. The average molecular weight is 154 g/mol. The van der Waals surface area contributed by atoms with Crippen LogP contribution in [0.4, 0.5) is 13.2 Å². The van der Waals surface area contributed by atoms with Crippen LogP contribution in [-0.4, -0.2) is 12.3 Å². The zero-order valence-corrected chi connectivity index (χ0v) is 5.77. The first-order valence-electron chi connectivity index (χ1n) is 2.82. The number of ether oxygens (including phenoxy) is 1. The van der Waals surface area contributed by atoms with Crippen LogP contribution in [-0.2, 0) is 4.74 Å². The van der Waals surface area contributed by atoms with E-state index >= 15 is 0 Å². The Hall–Kier alpha value is -0.670. The van der Waals surface area contributed by atoms with Gasteiger partial charge in [0.2, 0.25) is 0 Å². The van der Waals surface area contributed by atoms with Crippen LogP contribution in [0.15, 0.2) is 12.3 Å². The van der Waals surface area contributed by atoms with Crippen molar-refractivity contribution in [3.63, 3.8) is 0 Å². The number of halogens is 3. The predicted octanol–water partition coefficient (Wildman–Crippen LogP) is 2.49. The van der Waals surface area contributed by atoms with Crippen molar-refractivity contribution in [1.29, 1.82) is 0 Å². The molecule has 0 aromatic carbocycles. The van der Waals surface area contributed by atoms with Crippen molar-refractivity contribution >= 4 is 0 Å². The molecule has 0 spiro atoms. The van der Waals surface area contributed by atoms with Gasteiger partial charge in [0.25, 0.3) is 0 Å². The summed E-state index contributed by atoms with van der Waals surface area (Å²) in [4.78, 5) is 0. The van der Waals surface area contributed by atoms with E-state index in [2.05, 4.69) is 4.74 Å². The Labute approximate surface area is 57.5 Å². The normalized spacial score (nSPS) is 13.0. The first-order chi connectivity index (χ1) is 4.42. The highest BCUT2D eigenvalue weighted by molar-refractivity contribution is 4.82. The monoisotopic (exact) mass is 154 g/mol. The van der Waals surface area contributed by atoms with Crippen LogP contribution in [0.1, 0.15) is 13.8 Å². The Morgan fingerprint density at radius 3 is 2.10 bits per heavy atom. The van der Waals surface area contributed by atoms with Gasteiger partial charge in [-0.1, -0.05) is 0 Å². The van der Waals surface area contributed by atoms with Crippen LogP contribution in [0.3, 0.4) is 0 Å². The van der Waals surface area contributed by atoms with E-state index in [9.17, 15) is 13.2 Å². The summed E-state index contributed by atoms with van der Waals surface area (Å²) in [6.45, 7) is 3.31. The molecular weight excluding hydrogens is 145 g/mol. The summed E-state index contributed by atoms with van der Waals surface area (Å²) >= 11 is 0. The van der Waals surface area contributed by atoms with E-state index in [1.807, 2.05) is 0 Å². The minimum atomic E-state index is -4.27. The molecule has 0 aromatic rings. The van der Waals surface area contributed by atoms with Crippen molar-refractivity contribution in [2.45, 2.75) is 26.1 Å². The van der Waals surface area contributed by atoms with Crippen molar-refractivity contribution in [1.82, 2.24) is 0 Å². The van der Waals surface area contributed by atoms with Crippen molar-refractivity contribution in [2.75, 3.05) is 0 Å². The number of rotatable bonds is 2. The molecule has 0 saturated heterocycles. The topological polar surface area (TPSA) is 9.23 Å². The molecule has 0 aliphatic carbocycles. The summed E-state index contributed by atoms with van der Waals surface area (Å²) in [6, 6.07) is 0. The van der Waals surface area contributed by atoms with Crippen LogP contribution in [0.2, 0.25) is 0 Å². The molecule has 0 N–H and O–H groups in total. The molecule has 0 unspecified atom stereocenters. The maximum absolute atomic E-state index is 11.3. The van der Waals surface area contributed by atoms with Gasteiger partial charge in [0.05, 0.1) is 18.4 Å². The minimum absolute atomic E-state index is 0.0625. The Balaban J connectivity index is 3.57. The number of hydrogen-bond donors (Lipinski definition) is 0. The molecule has 10 heavy (non-hydrogen) atoms. The number of alkyl halides is 3. The van der Waals surface area contributed by atoms with Gasteiger partial charge < -0.3 is 4.74 Å². The van der Waals surface area contributed by atoms with Gasteiger partial charge in [-0.3, -0.25) is 0 Å². The smallest absolute Gasteiger partial charge is 0.412 e. The van der Waals surface area contributed by atoms with Gasteiger partial charge in [0.15, 0.2) is 0 Å². The Bertz CT molecular complexity index is 115. The van der Waals surface area contributed by atoms with Gasteiger partial charge in [0.1, 0.15) is 0 Å². The first kappa shape index (κ1) is 9.33. The second-order valence-corrected chi connectivity index (χ2v) is 2.03. The molecule has 0 heterocycles. The SMILES string of the molecule is CC(C)OC=CC(F)(F)F. The fraction of sp³-hybridized carbons (Fsp3) is 0.667.